The van der Waals surface area contributed by atoms with E-state index in [0.717, 1.165) is 27.2 Å². The van der Waals surface area contributed by atoms with Crippen molar-refractivity contribution in [3.05, 3.63) is 63.2 Å². The van der Waals surface area contributed by atoms with Crippen LogP contribution >= 0.6 is 11.8 Å². The highest BCUT2D eigenvalue weighted by molar-refractivity contribution is 7.98. The molecule has 188 valence electrons. The van der Waals surface area contributed by atoms with Crippen LogP contribution < -0.4 is 10.9 Å². The monoisotopic (exact) mass is 498 g/mol. The number of thioether (sulfide) groups is 1. The molecule has 0 bridgehead atoms. The van der Waals surface area contributed by atoms with E-state index in [2.05, 4.69) is 26.7 Å². The maximum absolute atomic E-state index is 13.4. The highest BCUT2D eigenvalue weighted by Gasteiger charge is 2.31. The first-order chi connectivity index (χ1) is 16.7. The van der Waals surface area contributed by atoms with Gasteiger partial charge in [-0.05, 0) is 53.3 Å². The predicted molar refractivity (Wildman–Crippen MR) is 139 cm³/mol. The van der Waals surface area contributed by atoms with Crippen molar-refractivity contribution in [3.8, 4) is 0 Å². The summed E-state index contributed by atoms with van der Waals surface area (Å²) >= 11 is 1.50. The molecule has 0 saturated carbocycles. The molecule has 1 amide bonds. The number of benzene rings is 1. The molecule has 3 aromatic rings. The third-order valence-corrected chi connectivity index (χ3v) is 7.50. The number of amides is 1. The lowest BCUT2D eigenvalue weighted by atomic mass is 10.1. The molecule has 1 aromatic carbocycles. The van der Waals surface area contributed by atoms with Crippen LogP contribution in [-0.4, -0.2) is 66.3 Å². The summed E-state index contributed by atoms with van der Waals surface area (Å²) in [6.07, 6.45) is 1.52. The highest BCUT2D eigenvalue weighted by Crippen LogP contribution is 2.32. The van der Waals surface area contributed by atoms with Crippen LogP contribution in [0.5, 0.6) is 0 Å². The molecular formula is C26H34N4O4S. The Morgan fingerprint density at radius 1 is 1.26 bits per heavy atom. The number of H-pyrrole nitrogens is 1. The van der Waals surface area contributed by atoms with Gasteiger partial charge in [0.05, 0.1) is 30.9 Å². The molecule has 0 spiro atoms. The number of pyridine rings is 1. The second-order valence-corrected chi connectivity index (χ2v) is 10.1. The van der Waals surface area contributed by atoms with E-state index in [9.17, 15) is 9.59 Å². The largest absolute Gasteiger partial charge is 0.349 e. The molecule has 1 fully saturated rings. The van der Waals surface area contributed by atoms with Crippen LogP contribution in [0.4, 0.5) is 0 Å². The van der Waals surface area contributed by atoms with Crippen molar-refractivity contribution in [2.45, 2.75) is 50.6 Å². The Labute approximate surface area is 210 Å². The van der Waals surface area contributed by atoms with Crippen molar-refractivity contribution >= 4 is 28.6 Å². The van der Waals surface area contributed by atoms with E-state index in [-0.39, 0.29) is 30.1 Å². The number of carbonyl (C=O) groups excluding carboxylic acids is 1. The first kappa shape index (κ1) is 25.5. The number of rotatable bonds is 7. The summed E-state index contributed by atoms with van der Waals surface area (Å²) in [7, 11) is 4.03. The first-order valence-corrected chi connectivity index (χ1v) is 13.0. The molecule has 2 aromatic heterocycles. The van der Waals surface area contributed by atoms with Gasteiger partial charge in [-0.25, -0.2) is 0 Å². The number of aromatic nitrogens is 2. The van der Waals surface area contributed by atoms with E-state index < -0.39 is 6.29 Å². The van der Waals surface area contributed by atoms with Crippen LogP contribution in [0.15, 0.2) is 40.0 Å². The fourth-order valence-electron chi connectivity index (χ4n) is 4.70. The number of nitrogens with zero attached hydrogens (tertiary/aromatic N) is 2. The lowest BCUT2D eigenvalue weighted by molar-refractivity contribution is -0.217. The van der Waals surface area contributed by atoms with Gasteiger partial charge in [0.15, 0.2) is 6.29 Å². The molecule has 1 atom stereocenters. The van der Waals surface area contributed by atoms with Gasteiger partial charge < -0.3 is 29.2 Å². The van der Waals surface area contributed by atoms with E-state index in [0.29, 0.717) is 24.3 Å². The fourth-order valence-corrected chi connectivity index (χ4v) is 5.41. The van der Waals surface area contributed by atoms with Crippen LogP contribution in [-0.2, 0) is 16.0 Å². The van der Waals surface area contributed by atoms with Gasteiger partial charge in [0.1, 0.15) is 0 Å². The summed E-state index contributed by atoms with van der Waals surface area (Å²) in [6.45, 7) is 7.19. The summed E-state index contributed by atoms with van der Waals surface area (Å²) < 4.78 is 14.3. The van der Waals surface area contributed by atoms with Crippen LogP contribution in [0, 0.1) is 13.8 Å². The third kappa shape index (κ3) is 5.04. The topological polar surface area (TPSA) is 88.6 Å². The van der Waals surface area contributed by atoms with Gasteiger partial charge in [-0.15, -0.1) is 11.8 Å². The molecule has 9 heteroatoms. The summed E-state index contributed by atoms with van der Waals surface area (Å²) in [4.78, 5) is 31.8. The number of hydrogen-bond acceptors (Lipinski definition) is 6. The number of likely N-dealkylation sites (N-methyl/N-ethyl adjacent to an activating group) is 1. The minimum absolute atomic E-state index is 0.132. The van der Waals surface area contributed by atoms with Crippen LogP contribution in [0.3, 0.4) is 0 Å². The number of aryl methyl sites for hydroxylation is 1. The minimum atomic E-state index is -0.410. The Kier molecular flexibility index (Phi) is 7.70. The third-order valence-electron chi connectivity index (χ3n) is 6.70. The minimum Gasteiger partial charge on any atom is -0.349 e. The van der Waals surface area contributed by atoms with Gasteiger partial charge in [0.25, 0.3) is 11.5 Å². The van der Waals surface area contributed by atoms with E-state index in [1.165, 1.54) is 11.8 Å². The molecule has 4 rings (SSSR count). The average Bonchev–Trinajstić information content (AvgIpc) is 3.14. The van der Waals surface area contributed by atoms with Crippen LogP contribution in [0.2, 0.25) is 0 Å². The molecule has 0 radical (unpaired) electrons. The van der Waals surface area contributed by atoms with Crippen LogP contribution in [0.25, 0.3) is 10.9 Å². The molecule has 8 nitrogen and oxygen atoms in total. The van der Waals surface area contributed by atoms with Gasteiger partial charge in [0.2, 0.25) is 0 Å². The fraction of sp³-hybridized carbons (Fsp3) is 0.462. The zero-order chi connectivity index (χ0) is 25.3. The SMILES string of the molecule is CSc1cc(C)[nH]c(=O)c1CNC(=O)c1c(C)n([C@H](C)C2OCC(N(C)C)CO2)c2ccccc12. The molecule has 1 aliphatic rings. The van der Waals surface area contributed by atoms with Gasteiger partial charge in [-0.1, -0.05) is 18.2 Å². The average molecular weight is 499 g/mol. The Morgan fingerprint density at radius 3 is 2.60 bits per heavy atom. The number of para-hydroxylation sites is 1. The summed E-state index contributed by atoms with van der Waals surface area (Å²) in [5, 5.41) is 3.84. The normalized spacial score (nSPS) is 19.3. The van der Waals surface area contributed by atoms with E-state index in [1.54, 1.807) is 0 Å². The molecule has 1 saturated heterocycles. The quantitative estimate of drug-likeness (QED) is 0.485. The van der Waals surface area contributed by atoms with Gasteiger partial charge in [-0.2, -0.15) is 0 Å². The number of ether oxygens (including phenoxy) is 2. The van der Waals surface area contributed by atoms with Crippen molar-refractivity contribution in [2.24, 2.45) is 0 Å². The molecule has 0 unspecified atom stereocenters. The predicted octanol–water partition coefficient (Wildman–Crippen LogP) is 3.46. The number of carbonyl (C=O) groups is 1. The lowest BCUT2D eigenvalue weighted by Gasteiger charge is -2.36. The molecule has 3 heterocycles. The van der Waals surface area contributed by atoms with Crippen molar-refractivity contribution < 1.29 is 14.3 Å². The van der Waals surface area contributed by atoms with Crippen LogP contribution in [0.1, 0.15) is 40.3 Å². The van der Waals surface area contributed by atoms with Crippen molar-refractivity contribution in [2.75, 3.05) is 33.6 Å². The van der Waals surface area contributed by atoms with Crippen molar-refractivity contribution in [1.82, 2.24) is 19.8 Å². The van der Waals surface area contributed by atoms with Crippen molar-refractivity contribution in [1.29, 1.82) is 0 Å². The van der Waals surface area contributed by atoms with Gasteiger partial charge in [-0.3, -0.25) is 9.59 Å². The molecular weight excluding hydrogens is 464 g/mol. The maximum Gasteiger partial charge on any atom is 0.254 e. The zero-order valence-electron chi connectivity index (χ0n) is 21.2. The number of hydrogen-bond donors (Lipinski definition) is 2. The van der Waals surface area contributed by atoms with E-state index >= 15 is 0 Å². The molecule has 0 aliphatic carbocycles. The number of fused-ring (bicyclic) bond motifs is 1. The molecule has 35 heavy (non-hydrogen) atoms. The summed E-state index contributed by atoms with van der Waals surface area (Å²) in [5.74, 6) is -0.213. The Bertz CT molecular complexity index is 1270. The molecule has 1 aliphatic heterocycles. The number of nitrogens with one attached hydrogen (secondary N) is 2. The standard InChI is InChI=1S/C26H34N4O4S/c1-15-11-22(35-6)20(24(31)28-15)12-27-25(32)23-16(2)30(21-10-8-7-9-19(21)23)17(3)26-33-13-18(14-34-26)29(4)5/h7-11,17-18,26H,12-14H2,1-6H3,(H,27,32)(H,28,31)/t17-,18?,26?/m1/s1. The summed E-state index contributed by atoms with van der Waals surface area (Å²) in [6, 6.07) is 9.88. The lowest BCUT2D eigenvalue weighted by Crippen LogP contribution is -2.46. The zero-order valence-corrected chi connectivity index (χ0v) is 22.0. The number of aromatic amines is 1. The van der Waals surface area contributed by atoms with Gasteiger partial charge >= 0.3 is 0 Å². The Balaban J connectivity index is 1.62. The molecule has 2 N–H and O–H groups in total. The highest BCUT2D eigenvalue weighted by atomic mass is 32.2. The van der Waals surface area contributed by atoms with E-state index in [1.807, 2.05) is 64.5 Å². The Morgan fingerprint density at radius 2 is 1.94 bits per heavy atom. The maximum atomic E-state index is 13.4. The van der Waals surface area contributed by atoms with Gasteiger partial charge in [0, 0.05) is 39.3 Å². The first-order valence-electron chi connectivity index (χ1n) is 11.8. The smallest absolute Gasteiger partial charge is 0.254 e. The van der Waals surface area contributed by atoms with Crippen molar-refractivity contribution in [3.63, 3.8) is 0 Å². The second kappa shape index (κ2) is 10.6. The summed E-state index contributed by atoms with van der Waals surface area (Å²) in [5.41, 5.74) is 3.56. The second-order valence-electron chi connectivity index (χ2n) is 9.25. The van der Waals surface area contributed by atoms with E-state index in [4.69, 9.17) is 9.47 Å². The Hall–Kier alpha value is -2.59.